The van der Waals surface area contributed by atoms with Gasteiger partial charge in [0.1, 0.15) is 6.54 Å². The monoisotopic (exact) mass is 758 g/mol. The first-order valence-electron chi connectivity index (χ1n) is 14.4. The predicted molar refractivity (Wildman–Crippen MR) is 181 cm³/mol. The van der Waals surface area contributed by atoms with E-state index in [4.69, 9.17) is 51.5 Å². The minimum Gasteiger partial charge on any atom is -0.271 e. The minimum absolute atomic E-state index is 0.164. The standard InChI is InChI=1S/C32H23BrCl4N6O3/c33-18-4-2-5-21(12-18)42-31(45)28-30(32(42)46)41(40-38-28)15-26(44)43-29(22-10-9-20(35)14-25(22)37)23-6-1-3-17(27(23)39-43)11-16-7-8-19(34)13-24(16)36/h2,4-5,7-14,23,28-30H,1,3,6,15H2/b17-11+/t23-,28+,29-,30-/m1/s1. The number of allylic oxidation sites excluding steroid dienone is 1. The molecule has 3 aromatic rings. The third-order valence-corrected chi connectivity index (χ3v) is 10.2. The fraction of sp³-hybridized carbons (Fsp3) is 0.250. The molecule has 9 nitrogen and oxygen atoms in total. The van der Waals surface area contributed by atoms with E-state index in [9.17, 15) is 14.4 Å². The Bertz CT molecular complexity index is 1900. The van der Waals surface area contributed by atoms with Gasteiger partial charge in [-0.05, 0) is 84.5 Å². The molecule has 4 atom stereocenters. The third kappa shape index (κ3) is 5.54. The molecule has 234 valence electrons. The maximum atomic E-state index is 14.2. The highest BCUT2D eigenvalue weighted by Gasteiger charge is 2.55. The molecule has 3 amide bonds. The number of fused-ring (bicyclic) bond motifs is 2. The van der Waals surface area contributed by atoms with Crippen LogP contribution in [0.15, 0.2) is 86.1 Å². The molecule has 0 unspecified atom stereocenters. The van der Waals surface area contributed by atoms with Crippen LogP contribution in [0.2, 0.25) is 20.1 Å². The lowest BCUT2D eigenvalue weighted by Gasteiger charge is -2.31. The van der Waals surface area contributed by atoms with Crippen molar-refractivity contribution in [2.24, 2.45) is 21.4 Å². The Hall–Kier alpha value is -3.28. The molecule has 0 aromatic heterocycles. The molecule has 7 rings (SSSR count). The molecule has 2 fully saturated rings. The molecule has 3 aliphatic heterocycles. The van der Waals surface area contributed by atoms with Crippen LogP contribution in [0.5, 0.6) is 0 Å². The van der Waals surface area contributed by atoms with Crippen LogP contribution in [0, 0.1) is 5.92 Å². The van der Waals surface area contributed by atoms with Crippen LogP contribution in [0.4, 0.5) is 5.69 Å². The third-order valence-electron chi connectivity index (χ3n) is 8.55. The van der Waals surface area contributed by atoms with Gasteiger partial charge in [-0.2, -0.15) is 10.2 Å². The van der Waals surface area contributed by atoms with Crippen molar-refractivity contribution in [3.05, 3.63) is 102 Å². The van der Waals surface area contributed by atoms with Crippen LogP contribution < -0.4 is 4.90 Å². The van der Waals surface area contributed by atoms with Crippen molar-refractivity contribution in [1.82, 2.24) is 10.0 Å². The van der Waals surface area contributed by atoms with Crippen molar-refractivity contribution < 1.29 is 14.4 Å². The Morgan fingerprint density at radius 3 is 2.43 bits per heavy atom. The van der Waals surface area contributed by atoms with E-state index in [1.165, 1.54) is 10.0 Å². The molecule has 1 aliphatic carbocycles. The molecule has 1 saturated heterocycles. The summed E-state index contributed by atoms with van der Waals surface area (Å²) in [7, 11) is 0. The first kappa shape index (κ1) is 31.3. The Kier molecular flexibility index (Phi) is 8.44. The average Bonchev–Trinajstić information content (AvgIpc) is 3.68. The van der Waals surface area contributed by atoms with Crippen molar-refractivity contribution in [1.29, 1.82) is 0 Å². The van der Waals surface area contributed by atoms with Crippen molar-refractivity contribution in [2.75, 3.05) is 11.4 Å². The van der Waals surface area contributed by atoms with Crippen molar-refractivity contribution >= 4 is 97.5 Å². The highest BCUT2D eigenvalue weighted by Crippen LogP contribution is 2.47. The summed E-state index contributed by atoms with van der Waals surface area (Å²) in [6.45, 7) is -0.330. The molecule has 3 aromatic carbocycles. The van der Waals surface area contributed by atoms with Crippen LogP contribution in [-0.4, -0.2) is 52.1 Å². The largest absolute Gasteiger partial charge is 0.271 e. The molecule has 14 heteroatoms. The number of anilines is 1. The molecule has 0 spiro atoms. The van der Waals surface area contributed by atoms with Crippen LogP contribution >= 0.6 is 62.3 Å². The van der Waals surface area contributed by atoms with Gasteiger partial charge in [-0.25, -0.2) is 9.91 Å². The number of carbonyl (C=O) groups is 3. The Labute approximate surface area is 292 Å². The smallest absolute Gasteiger partial charge is 0.264 e. The normalized spacial score (nSPS) is 24.6. The van der Waals surface area contributed by atoms with E-state index in [2.05, 4.69) is 26.3 Å². The second-order valence-electron chi connectivity index (χ2n) is 11.4. The zero-order valence-electron chi connectivity index (χ0n) is 23.8. The van der Waals surface area contributed by atoms with E-state index in [-0.39, 0.29) is 12.5 Å². The lowest BCUT2D eigenvalue weighted by atomic mass is 9.77. The molecular formula is C32H23BrCl4N6O3. The van der Waals surface area contributed by atoms with Gasteiger partial charge < -0.3 is 0 Å². The number of halogens is 5. The van der Waals surface area contributed by atoms with E-state index in [0.717, 1.165) is 41.0 Å². The van der Waals surface area contributed by atoms with Crippen molar-refractivity contribution in [3.63, 3.8) is 0 Å². The number of benzene rings is 3. The molecule has 0 N–H and O–H groups in total. The topological polar surface area (TPSA) is 98.0 Å². The SMILES string of the molecule is O=C1[C@H]2N=NN(CC(=O)N3N=C4/C(=C/c5ccc(Cl)cc5Cl)CCC[C@H]4[C@H]3c3ccc(Cl)cc3Cl)[C@H]2C(=O)N1c1cccc(Br)c1. The molecule has 1 saturated carbocycles. The van der Waals surface area contributed by atoms with Crippen LogP contribution in [-0.2, 0) is 14.4 Å². The highest BCUT2D eigenvalue weighted by atomic mass is 79.9. The summed E-state index contributed by atoms with van der Waals surface area (Å²) in [6, 6.07) is 14.7. The van der Waals surface area contributed by atoms with Gasteiger partial charge in [0.25, 0.3) is 17.7 Å². The second-order valence-corrected chi connectivity index (χ2v) is 14.0. The summed E-state index contributed by atoms with van der Waals surface area (Å²) >= 11 is 29.0. The van der Waals surface area contributed by atoms with Crippen molar-refractivity contribution in [3.8, 4) is 0 Å². The quantitative estimate of drug-likeness (QED) is 0.245. The first-order chi connectivity index (χ1) is 22.1. The highest BCUT2D eigenvalue weighted by molar-refractivity contribution is 9.10. The molecule has 3 heterocycles. The molecule has 46 heavy (non-hydrogen) atoms. The molecule has 0 radical (unpaired) electrons. The summed E-state index contributed by atoms with van der Waals surface area (Å²) in [5, 5.41) is 17.7. The fourth-order valence-electron chi connectivity index (χ4n) is 6.50. The van der Waals surface area contributed by atoms with Crippen LogP contribution in [0.1, 0.15) is 36.4 Å². The summed E-state index contributed by atoms with van der Waals surface area (Å²) in [5.41, 5.74) is 3.61. The Balaban J connectivity index is 1.21. The molecule has 4 aliphatic rings. The van der Waals surface area contributed by atoms with Gasteiger partial charge >= 0.3 is 0 Å². The molecular weight excluding hydrogens is 738 g/mol. The van der Waals surface area contributed by atoms with E-state index >= 15 is 0 Å². The first-order valence-corrected chi connectivity index (χ1v) is 16.7. The lowest BCUT2D eigenvalue weighted by Crippen LogP contribution is -2.45. The van der Waals surface area contributed by atoms with Gasteiger partial charge in [0.05, 0.1) is 17.4 Å². The average molecular weight is 761 g/mol. The number of rotatable bonds is 5. The number of nitrogens with zero attached hydrogens (tertiary/aromatic N) is 6. The maximum absolute atomic E-state index is 14.2. The summed E-state index contributed by atoms with van der Waals surface area (Å²) in [5.74, 6) is -1.60. The molecule has 0 bridgehead atoms. The zero-order chi connectivity index (χ0) is 32.3. The van der Waals surface area contributed by atoms with E-state index in [1.54, 1.807) is 48.5 Å². The Morgan fingerprint density at radius 2 is 1.70 bits per heavy atom. The maximum Gasteiger partial charge on any atom is 0.264 e. The second kappa shape index (κ2) is 12.4. The van der Waals surface area contributed by atoms with E-state index in [1.807, 2.05) is 18.2 Å². The summed E-state index contributed by atoms with van der Waals surface area (Å²) in [6.07, 6.45) is 4.34. The summed E-state index contributed by atoms with van der Waals surface area (Å²) in [4.78, 5) is 42.1. The van der Waals surface area contributed by atoms with Gasteiger partial charge in [0, 0.05) is 30.5 Å². The van der Waals surface area contributed by atoms with E-state index < -0.39 is 35.8 Å². The van der Waals surface area contributed by atoms with Crippen LogP contribution in [0.3, 0.4) is 0 Å². The summed E-state index contributed by atoms with van der Waals surface area (Å²) < 4.78 is 0.713. The number of amides is 3. The number of hydrazone groups is 1. The lowest BCUT2D eigenvalue weighted by molar-refractivity contribution is -0.136. The number of carbonyl (C=O) groups excluding carboxylic acids is 3. The van der Waals surface area contributed by atoms with Gasteiger partial charge in [-0.15, -0.1) is 0 Å². The number of hydrogen-bond acceptors (Lipinski definition) is 7. The van der Waals surface area contributed by atoms with Crippen LogP contribution in [0.25, 0.3) is 6.08 Å². The van der Waals surface area contributed by atoms with E-state index in [0.29, 0.717) is 35.8 Å². The number of hydrogen-bond donors (Lipinski definition) is 0. The fourth-order valence-corrected chi connectivity index (χ4v) is 7.87. The van der Waals surface area contributed by atoms with Gasteiger partial charge in [0.2, 0.25) is 0 Å². The zero-order valence-corrected chi connectivity index (χ0v) is 28.4. The van der Waals surface area contributed by atoms with Gasteiger partial charge in [-0.1, -0.05) is 85.8 Å². The van der Waals surface area contributed by atoms with Gasteiger partial charge in [-0.3, -0.25) is 19.4 Å². The minimum atomic E-state index is -1.05. The predicted octanol–water partition coefficient (Wildman–Crippen LogP) is 8.18. The van der Waals surface area contributed by atoms with Gasteiger partial charge in [0.15, 0.2) is 12.1 Å². The Morgan fingerprint density at radius 1 is 0.935 bits per heavy atom. The number of imide groups is 1. The van der Waals surface area contributed by atoms with Crippen molar-refractivity contribution in [2.45, 2.75) is 37.4 Å².